The molecule has 2 aromatic rings. The number of hydrogen-bond acceptors (Lipinski definition) is 5. The van der Waals surface area contributed by atoms with Gasteiger partial charge in [-0.2, -0.15) is 4.31 Å². The molecule has 10 heteroatoms. The van der Waals surface area contributed by atoms with Gasteiger partial charge in [0, 0.05) is 23.8 Å². The van der Waals surface area contributed by atoms with Gasteiger partial charge >= 0.3 is 0 Å². The number of sulfonamides is 1. The van der Waals surface area contributed by atoms with Crippen LogP contribution in [0.5, 0.6) is 5.75 Å². The first kappa shape index (κ1) is 22.1. The second-order valence-electron chi connectivity index (χ2n) is 7.08. The highest BCUT2D eigenvalue weighted by Gasteiger charge is 2.30. The molecule has 0 saturated heterocycles. The van der Waals surface area contributed by atoms with Gasteiger partial charge in [0.1, 0.15) is 5.75 Å². The molecule has 2 amide bonds. The molecule has 0 spiro atoms. The number of halogens is 1. The lowest BCUT2D eigenvalue weighted by molar-refractivity contribution is -0.122. The maximum atomic E-state index is 13.1. The predicted molar refractivity (Wildman–Crippen MR) is 115 cm³/mol. The van der Waals surface area contributed by atoms with E-state index in [1.54, 1.807) is 39.0 Å². The minimum atomic E-state index is -3.99. The van der Waals surface area contributed by atoms with Crippen molar-refractivity contribution >= 4 is 44.8 Å². The number of amides is 2. The standard InChI is InChI=1S/C20H22ClN3O5S/c1-11-8-16-17(29-13(3)20(26)23-16)9-18(11)30(27,28)24(4)10-19(25)22-15-7-5-6-14(21)12(15)2/h5-9,13H,10H2,1-4H3,(H,22,25)(H,23,26). The van der Waals surface area contributed by atoms with Gasteiger partial charge in [0.2, 0.25) is 15.9 Å². The monoisotopic (exact) mass is 451 g/mol. The summed E-state index contributed by atoms with van der Waals surface area (Å²) in [5.41, 5.74) is 2.04. The molecule has 1 unspecified atom stereocenters. The molecule has 0 saturated carbocycles. The van der Waals surface area contributed by atoms with Crippen LogP contribution < -0.4 is 15.4 Å². The highest BCUT2D eigenvalue weighted by Crippen LogP contribution is 2.35. The van der Waals surface area contributed by atoms with Crippen molar-refractivity contribution in [2.24, 2.45) is 0 Å². The molecule has 0 bridgehead atoms. The second kappa shape index (κ2) is 8.25. The Hall–Kier alpha value is -2.62. The number of ether oxygens (including phenoxy) is 1. The van der Waals surface area contributed by atoms with Gasteiger partial charge in [-0.25, -0.2) is 8.42 Å². The normalized spacial score (nSPS) is 15.9. The third kappa shape index (κ3) is 4.28. The molecule has 1 atom stereocenters. The van der Waals surface area contributed by atoms with E-state index in [1.165, 1.54) is 19.2 Å². The minimum Gasteiger partial charge on any atom is -0.479 e. The van der Waals surface area contributed by atoms with Crippen molar-refractivity contribution in [1.29, 1.82) is 0 Å². The Morgan fingerprint density at radius 1 is 1.30 bits per heavy atom. The number of rotatable bonds is 5. The van der Waals surface area contributed by atoms with E-state index in [0.29, 0.717) is 27.5 Å². The molecule has 160 valence electrons. The summed E-state index contributed by atoms with van der Waals surface area (Å²) in [4.78, 5) is 24.2. The maximum absolute atomic E-state index is 13.1. The summed E-state index contributed by atoms with van der Waals surface area (Å²) in [5, 5.41) is 5.86. The van der Waals surface area contributed by atoms with Gasteiger partial charge in [-0.15, -0.1) is 0 Å². The SMILES string of the molecule is Cc1cc2c(cc1S(=O)(=O)N(C)CC(=O)Nc1cccc(Cl)c1C)OC(C)C(=O)N2. The van der Waals surface area contributed by atoms with E-state index in [1.807, 2.05) is 0 Å². The Balaban J connectivity index is 1.81. The summed E-state index contributed by atoms with van der Waals surface area (Å²) in [6.07, 6.45) is -0.736. The molecule has 1 aliphatic rings. The third-order valence-corrected chi connectivity index (χ3v) is 7.16. The van der Waals surface area contributed by atoms with Crippen molar-refractivity contribution in [3.8, 4) is 5.75 Å². The number of carbonyl (C=O) groups is 2. The summed E-state index contributed by atoms with van der Waals surface area (Å²) in [7, 11) is -2.66. The van der Waals surface area contributed by atoms with Crippen molar-refractivity contribution in [3.63, 3.8) is 0 Å². The Bertz CT molecular complexity index is 1130. The number of benzene rings is 2. The fraction of sp³-hybridized carbons (Fsp3) is 0.300. The molecule has 1 heterocycles. The summed E-state index contributed by atoms with van der Waals surface area (Å²) < 4.78 is 32.6. The summed E-state index contributed by atoms with van der Waals surface area (Å²) in [6, 6.07) is 7.99. The average Bonchev–Trinajstić information content (AvgIpc) is 2.66. The number of anilines is 2. The fourth-order valence-electron chi connectivity index (χ4n) is 3.01. The van der Waals surface area contributed by atoms with E-state index in [0.717, 1.165) is 4.31 Å². The number of aryl methyl sites for hydroxylation is 1. The maximum Gasteiger partial charge on any atom is 0.265 e. The van der Waals surface area contributed by atoms with Crippen molar-refractivity contribution in [2.75, 3.05) is 24.2 Å². The average molecular weight is 452 g/mol. The van der Waals surface area contributed by atoms with E-state index in [-0.39, 0.29) is 16.6 Å². The van der Waals surface area contributed by atoms with Crippen LogP contribution in [0.3, 0.4) is 0 Å². The lowest BCUT2D eigenvalue weighted by Gasteiger charge is -2.25. The topological polar surface area (TPSA) is 105 Å². The number of carbonyl (C=O) groups excluding carboxylic acids is 2. The first-order chi connectivity index (χ1) is 14.0. The van der Waals surface area contributed by atoms with Gasteiger partial charge in [-0.1, -0.05) is 17.7 Å². The Morgan fingerprint density at radius 3 is 2.70 bits per heavy atom. The molecule has 0 aliphatic carbocycles. The minimum absolute atomic E-state index is 0.00108. The van der Waals surface area contributed by atoms with Crippen molar-refractivity contribution in [3.05, 3.63) is 46.5 Å². The summed E-state index contributed by atoms with van der Waals surface area (Å²) in [5.74, 6) is -0.541. The zero-order valence-electron chi connectivity index (χ0n) is 16.9. The largest absolute Gasteiger partial charge is 0.479 e. The summed E-state index contributed by atoms with van der Waals surface area (Å²) in [6.45, 7) is 4.55. The number of nitrogens with one attached hydrogen (secondary N) is 2. The fourth-order valence-corrected chi connectivity index (χ4v) is 4.53. The number of likely N-dealkylation sites (N-methyl/N-ethyl adjacent to an activating group) is 1. The van der Waals surface area contributed by atoms with Crippen LogP contribution in [0.15, 0.2) is 35.2 Å². The van der Waals surface area contributed by atoms with Crippen molar-refractivity contribution in [2.45, 2.75) is 31.8 Å². The molecule has 0 fully saturated rings. The molecular formula is C20H22ClN3O5S. The van der Waals surface area contributed by atoms with Gasteiger partial charge in [0.25, 0.3) is 5.91 Å². The van der Waals surface area contributed by atoms with E-state index >= 15 is 0 Å². The molecule has 2 N–H and O–H groups in total. The summed E-state index contributed by atoms with van der Waals surface area (Å²) >= 11 is 6.05. The van der Waals surface area contributed by atoms with Crippen LogP contribution in [0.1, 0.15) is 18.1 Å². The lowest BCUT2D eigenvalue weighted by Crippen LogP contribution is -2.36. The van der Waals surface area contributed by atoms with Crippen LogP contribution in [0.25, 0.3) is 0 Å². The van der Waals surface area contributed by atoms with E-state index < -0.39 is 28.6 Å². The van der Waals surface area contributed by atoms with Gasteiger partial charge in [-0.3, -0.25) is 9.59 Å². The molecule has 8 nitrogen and oxygen atoms in total. The predicted octanol–water partition coefficient (Wildman–Crippen LogP) is 2.94. The molecule has 0 radical (unpaired) electrons. The zero-order valence-corrected chi connectivity index (χ0v) is 18.5. The molecule has 3 rings (SSSR count). The quantitative estimate of drug-likeness (QED) is 0.727. The molecule has 30 heavy (non-hydrogen) atoms. The first-order valence-electron chi connectivity index (χ1n) is 9.14. The van der Waals surface area contributed by atoms with Gasteiger partial charge in [0.05, 0.1) is 17.1 Å². The highest BCUT2D eigenvalue weighted by atomic mass is 35.5. The van der Waals surface area contributed by atoms with E-state index in [9.17, 15) is 18.0 Å². The molecular weight excluding hydrogens is 430 g/mol. The van der Waals surface area contributed by atoms with Crippen LogP contribution in [0.4, 0.5) is 11.4 Å². The van der Waals surface area contributed by atoms with Crippen molar-refractivity contribution < 1.29 is 22.7 Å². The van der Waals surface area contributed by atoms with Crippen LogP contribution in [0, 0.1) is 13.8 Å². The second-order valence-corrected chi connectivity index (χ2v) is 9.51. The molecule has 2 aromatic carbocycles. The zero-order chi connectivity index (χ0) is 22.2. The van der Waals surface area contributed by atoms with E-state index in [4.69, 9.17) is 16.3 Å². The third-order valence-electron chi connectivity index (χ3n) is 4.80. The van der Waals surface area contributed by atoms with Crippen LogP contribution in [-0.4, -0.2) is 44.2 Å². The van der Waals surface area contributed by atoms with Crippen LogP contribution in [-0.2, 0) is 19.6 Å². The molecule has 0 aromatic heterocycles. The first-order valence-corrected chi connectivity index (χ1v) is 11.0. The van der Waals surface area contributed by atoms with Gasteiger partial charge in [0.15, 0.2) is 6.10 Å². The number of hydrogen-bond donors (Lipinski definition) is 2. The number of fused-ring (bicyclic) bond motifs is 1. The van der Waals surface area contributed by atoms with Gasteiger partial charge in [-0.05, 0) is 50.1 Å². The highest BCUT2D eigenvalue weighted by molar-refractivity contribution is 7.89. The molecule has 1 aliphatic heterocycles. The van der Waals surface area contributed by atoms with Gasteiger partial charge < -0.3 is 15.4 Å². The van der Waals surface area contributed by atoms with Crippen LogP contribution in [0.2, 0.25) is 5.02 Å². The number of nitrogens with zero attached hydrogens (tertiary/aromatic N) is 1. The Kier molecular flexibility index (Phi) is 6.07. The van der Waals surface area contributed by atoms with Crippen LogP contribution >= 0.6 is 11.6 Å². The lowest BCUT2D eigenvalue weighted by atomic mass is 10.1. The Labute approximate surface area is 180 Å². The van der Waals surface area contributed by atoms with Crippen molar-refractivity contribution in [1.82, 2.24) is 4.31 Å². The van der Waals surface area contributed by atoms with E-state index in [2.05, 4.69) is 10.6 Å². The smallest absolute Gasteiger partial charge is 0.265 e. The Morgan fingerprint density at radius 2 is 2.00 bits per heavy atom.